The first-order valence-corrected chi connectivity index (χ1v) is 4.20. The van der Waals surface area contributed by atoms with E-state index in [-0.39, 0.29) is 18.6 Å². The molecule has 2 aliphatic rings. The standard InChI is InChI=1S/C5H8O2.C3H6O2/c6-3-1-2-4-5(3)7-4;1-2-3(4)5/h3-6H,1-2H2;2H2,1H3,(H,4,5). The highest BCUT2D eigenvalue weighted by molar-refractivity contribution is 5.66. The van der Waals surface area contributed by atoms with E-state index in [4.69, 9.17) is 14.9 Å². The minimum Gasteiger partial charge on any atom is -0.481 e. The van der Waals surface area contributed by atoms with E-state index in [9.17, 15) is 4.79 Å². The number of carboxylic acid groups (broad SMARTS) is 1. The van der Waals surface area contributed by atoms with Crippen LogP contribution in [0.15, 0.2) is 0 Å². The van der Waals surface area contributed by atoms with Gasteiger partial charge in [-0.15, -0.1) is 0 Å². The first kappa shape index (κ1) is 9.48. The average Bonchev–Trinajstić information content (AvgIpc) is 2.74. The Balaban J connectivity index is 0.000000130. The molecule has 1 saturated carbocycles. The van der Waals surface area contributed by atoms with Crippen molar-refractivity contribution in [3.8, 4) is 0 Å². The fourth-order valence-electron chi connectivity index (χ4n) is 1.23. The summed E-state index contributed by atoms with van der Waals surface area (Å²) in [5, 5.41) is 16.6. The zero-order valence-corrected chi connectivity index (χ0v) is 7.06. The summed E-state index contributed by atoms with van der Waals surface area (Å²) in [6, 6.07) is 0. The van der Waals surface area contributed by atoms with Crippen molar-refractivity contribution >= 4 is 5.97 Å². The predicted molar refractivity (Wildman–Crippen MR) is 41.8 cm³/mol. The second-order valence-electron chi connectivity index (χ2n) is 3.03. The Hall–Kier alpha value is -0.610. The van der Waals surface area contributed by atoms with Gasteiger partial charge in [0.1, 0.15) is 6.10 Å². The van der Waals surface area contributed by atoms with Crippen LogP contribution in [0.5, 0.6) is 0 Å². The number of aliphatic hydroxyl groups is 1. The summed E-state index contributed by atoms with van der Waals surface area (Å²) >= 11 is 0. The Bertz CT molecular complexity index is 168. The quantitative estimate of drug-likeness (QED) is 0.564. The van der Waals surface area contributed by atoms with E-state index in [0.717, 1.165) is 12.8 Å². The highest BCUT2D eigenvalue weighted by Crippen LogP contribution is 2.38. The molecule has 1 aliphatic heterocycles. The van der Waals surface area contributed by atoms with Crippen LogP contribution in [0, 0.1) is 0 Å². The number of hydrogen-bond donors (Lipinski definition) is 2. The summed E-state index contributed by atoms with van der Waals surface area (Å²) in [5.41, 5.74) is 0. The summed E-state index contributed by atoms with van der Waals surface area (Å²) in [5.74, 6) is -0.745. The maximum absolute atomic E-state index is 9.37. The second-order valence-corrected chi connectivity index (χ2v) is 3.03. The molecule has 0 spiro atoms. The molecule has 2 rings (SSSR count). The Labute approximate surface area is 71.2 Å². The maximum atomic E-state index is 9.37. The van der Waals surface area contributed by atoms with E-state index in [1.165, 1.54) is 0 Å². The molecule has 12 heavy (non-hydrogen) atoms. The average molecular weight is 174 g/mol. The number of carboxylic acids is 1. The molecule has 1 heterocycles. The lowest BCUT2D eigenvalue weighted by atomic mass is 10.3. The molecule has 0 amide bonds. The normalized spacial score (nSPS) is 36.3. The van der Waals surface area contributed by atoms with Crippen LogP contribution >= 0.6 is 0 Å². The van der Waals surface area contributed by atoms with Gasteiger partial charge in [-0.1, -0.05) is 6.92 Å². The van der Waals surface area contributed by atoms with Crippen LogP contribution in [-0.2, 0) is 9.53 Å². The van der Waals surface area contributed by atoms with Gasteiger partial charge in [-0.25, -0.2) is 0 Å². The van der Waals surface area contributed by atoms with Gasteiger partial charge in [0, 0.05) is 6.42 Å². The minimum atomic E-state index is -0.745. The van der Waals surface area contributed by atoms with Gasteiger partial charge in [0.05, 0.1) is 12.2 Å². The Morgan fingerprint density at radius 2 is 2.17 bits per heavy atom. The van der Waals surface area contributed by atoms with Crippen LogP contribution in [0.2, 0.25) is 0 Å². The van der Waals surface area contributed by atoms with Gasteiger partial charge in [0.25, 0.3) is 0 Å². The fraction of sp³-hybridized carbons (Fsp3) is 0.875. The van der Waals surface area contributed by atoms with Crippen molar-refractivity contribution in [1.29, 1.82) is 0 Å². The summed E-state index contributed by atoms with van der Waals surface area (Å²) < 4.78 is 5.02. The summed E-state index contributed by atoms with van der Waals surface area (Å²) in [7, 11) is 0. The molecule has 3 atom stereocenters. The molecule has 0 aromatic carbocycles. The van der Waals surface area contributed by atoms with Gasteiger partial charge >= 0.3 is 5.97 Å². The maximum Gasteiger partial charge on any atom is 0.303 e. The lowest BCUT2D eigenvalue weighted by Crippen LogP contribution is -2.08. The van der Waals surface area contributed by atoms with Crippen LogP contribution in [0.25, 0.3) is 0 Å². The third-order valence-corrected chi connectivity index (χ3v) is 2.05. The zero-order chi connectivity index (χ0) is 9.14. The number of aliphatic hydroxyl groups excluding tert-OH is 1. The highest BCUT2D eigenvalue weighted by Gasteiger charge is 2.49. The van der Waals surface area contributed by atoms with Crippen LogP contribution in [-0.4, -0.2) is 34.5 Å². The molecule has 0 radical (unpaired) electrons. The van der Waals surface area contributed by atoms with Crippen molar-refractivity contribution in [3.05, 3.63) is 0 Å². The van der Waals surface area contributed by atoms with Crippen molar-refractivity contribution in [2.24, 2.45) is 0 Å². The third-order valence-electron chi connectivity index (χ3n) is 2.05. The van der Waals surface area contributed by atoms with Crippen LogP contribution < -0.4 is 0 Å². The van der Waals surface area contributed by atoms with E-state index in [0.29, 0.717) is 6.10 Å². The Morgan fingerprint density at radius 3 is 2.25 bits per heavy atom. The molecule has 3 unspecified atom stereocenters. The fourth-order valence-corrected chi connectivity index (χ4v) is 1.23. The number of hydrogen-bond acceptors (Lipinski definition) is 3. The van der Waals surface area contributed by atoms with Crippen molar-refractivity contribution in [3.63, 3.8) is 0 Å². The molecule has 4 nitrogen and oxygen atoms in total. The number of fused-ring (bicyclic) bond motifs is 1. The molecular formula is C8H14O4. The zero-order valence-electron chi connectivity index (χ0n) is 7.06. The largest absolute Gasteiger partial charge is 0.481 e. The van der Waals surface area contributed by atoms with E-state index in [1.807, 2.05) is 0 Å². The van der Waals surface area contributed by atoms with Gasteiger partial charge in [-0.05, 0) is 12.8 Å². The van der Waals surface area contributed by atoms with Crippen molar-refractivity contribution in [2.45, 2.75) is 44.5 Å². The van der Waals surface area contributed by atoms with Crippen LogP contribution in [0.3, 0.4) is 0 Å². The molecule has 1 saturated heterocycles. The second kappa shape index (κ2) is 3.87. The molecule has 0 aromatic heterocycles. The van der Waals surface area contributed by atoms with Gasteiger partial charge in [-0.3, -0.25) is 4.79 Å². The van der Waals surface area contributed by atoms with Crippen molar-refractivity contribution < 1.29 is 19.7 Å². The molecule has 70 valence electrons. The monoisotopic (exact) mass is 174 g/mol. The Kier molecular flexibility index (Phi) is 3.05. The lowest BCUT2D eigenvalue weighted by Gasteiger charge is -1.96. The lowest BCUT2D eigenvalue weighted by molar-refractivity contribution is -0.136. The van der Waals surface area contributed by atoms with Gasteiger partial charge in [-0.2, -0.15) is 0 Å². The van der Waals surface area contributed by atoms with E-state index in [2.05, 4.69) is 0 Å². The third kappa shape index (κ3) is 2.46. The van der Waals surface area contributed by atoms with E-state index >= 15 is 0 Å². The number of ether oxygens (including phenoxy) is 1. The molecule has 2 fully saturated rings. The van der Waals surface area contributed by atoms with E-state index < -0.39 is 5.97 Å². The van der Waals surface area contributed by atoms with Gasteiger partial charge < -0.3 is 14.9 Å². The smallest absolute Gasteiger partial charge is 0.303 e. The van der Waals surface area contributed by atoms with Crippen molar-refractivity contribution in [1.82, 2.24) is 0 Å². The summed E-state index contributed by atoms with van der Waals surface area (Å²) in [4.78, 5) is 9.37. The number of rotatable bonds is 1. The number of epoxide rings is 1. The molecule has 4 heteroatoms. The van der Waals surface area contributed by atoms with E-state index in [1.54, 1.807) is 6.92 Å². The first-order chi connectivity index (χ1) is 5.65. The van der Waals surface area contributed by atoms with Crippen LogP contribution in [0.1, 0.15) is 26.2 Å². The predicted octanol–water partition coefficient (Wildman–Crippen LogP) is 0.389. The molecule has 2 N–H and O–H groups in total. The minimum absolute atomic E-state index is 0.134. The molecule has 0 aromatic rings. The SMILES string of the molecule is CCC(=O)O.OC1CCC2OC12. The Morgan fingerprint density at radius 1 is 1.58 bits per heavy atom. The summed E-state index contributed by atoms with van der Waals surface area (Å²) in [6.45, 7) is 1.60. The summed E-state index contributed by atoms with van der Waals surface area (Å²) in [6.07, 6.45) is 2.79. The number of aliphatic carboxylic acids is 1. The highest BCUT2D eigenvalue weighted by atomic mass is 16.6. The van der Waals surface area contributed by atoms with Gasteiger partial charge in [0.15, 0.2) is 0 Å². The molecular weight excluding hydrogens is 160 g/mol. The van der Waals surface area contributed by atoms with Gasteiger partial charge in [0.2, 0.25) is 0 Å². The molecule has 1 aliphatic carbocycles. The first-order valence-electron chi connectivity index (χ1n) is 4.20. The molecule has 0 bridgehead atoms. The topological polar surface area (TPSA) is 70.1 Å². The number of carbonyl (C=O) groups is 1. The van der Waals surface area contributed by atoms with Crippen LogP contribution in [0.4, 0.5) is 0 Å². The van der Waals surface area contributed by atoms with Crippen molar-refractivity contribution in [2.75, 3.05) is 0 Å².